The second kappa shape index (κ2) is 3.36. The third-order valence-electron chi connectivity index (χ3n) is 1.87. The van der Waals surface area contributed by atoms with Gasteiger partial charge >= 0.3 is 5.97 Å². The standard InChI is InChI=1S/C9H15NO3/c1-9(2,3)8(12)10-4-5-13-7(11)6-10/h4-6H2,1-3H3. The van der Waals surface area contributed by atoms with Crippen molar-refractivity contribution in [3.05, 3.63) is 0 Å². The van der Waals surface area contributed by atoms with Gasteiger partial charge < -0.3 is 9.64 Å². The van der Waals surface area contributed by atoms with E-state index >= 15 is 0 Å². The molecule has 0 N–H and O–H groups in total. The minimum absolute atomic E-state index is 0.00384. The van der Waals surface area contributed by atoms with E-state index in [1.807, 2.05) is 20.8 Å². The van der Waals surface area contributed by atoms with Crippen LogP contribution >= 0.6 is 0 Å². The van der Waals surface area contributed by atoms with Gasteiger partial charge in [0.05, 0.1) is 6.54 Å². The Bertz CT molecular complexity index is 230. The van der Waals surface area contributed by atoms with Crippen LogP contribution in [-0.2, 0) is 14.3 Å². The third-order valence-corrected chi connectivity index (χ3v) is 1.87. The van der Waals surface area contributed by atoms with Crippen molar-refractivity contribution in [1.29, 1.82) is 0 Å². The van der Waals surface area contributed by atoms with Gasteiger partial charge in [0, 0.05) is 5.41 Å². The van der Waals surface area contributed by atoms with Crippen LogP contribution in [0.4, 0.5) is 0 Å². The smallest absolute Gasteiger partial charge is 0.325 e. The van der Waals surface area contributed by atoms with E-state index in [-0.39, 0.29) is 18.4 Å². The molecule has 0 aromatic carbocycles. The van der Waals surface area contributed by atoms with Crippen molar-refractivity contribution in [2.24, 2.45) is 5.41 Å². The van der Waals surface area contributed by atoms with Gasteiger partial charge in [-0.15, -0.1) is 0 Å². The number of carbonyl (C=O) groups excluding carboxylic acids is 2. The number of morpholine rings is 1. The number of nitrogens with zero attached hydrogens (tertiary/aromatic N) is 1. The summed E-state index contributed by atoms with van der Waals surface area (Å²) in [6, 6.07) is 0. The highest BCUT2D eigenvalue weighted by Crippen LogP contribution is 2.18. The molecule has 1 saturated heterocycles. The molecule has 1 aliphatic heterocycles. The first-order chi connectivity index (χ1) is 5.91. The highest BCUT2D eigenvalue weighted by Gasteiger charge is 2.30. The Balaban J connectivity index is 2.62. The summed E-state index contributed by atoms with van der Waals surface area (Å²) in [5, 5.41) is 0. The van der Waals surface area contributed by atoms with E-state index < -0.39 is 5.41 Å². The van der Waals surface area contributed by atoms with Crippen molar-refractivity contribution >= 4 is 11.9 Å². The summed E-state index contributed by atoms with van der Waals surface area (Å²) in [4.78, 5) is 24.1. The zero-order valence-electron chi connectivity index (χ0n) is 8.29. The van der Waals surface area contributed by atoms with Crippen molar-refractivity contribution < 1.29 is 14.3 Å². The van der Waals surface area contributed by atoms with Gasteiger partial charge in [-0.1, -0.05) is 20.8 Å². The first-order valence-corrected chi connectivity index (χ1v) is 4.36. The molecule has 0 radical (unpaired) electrons. The molecule has 0 saturated carbocycles. The fraction of sp³-hybridized carbons (Fsp3) is 0.778. The molecule has 1 rings (SSSR count). The first kappa shape index (κ1) is 10.0. The van der Waals surface area contributed by atoms with Gasteiger partial charge in [-0.3, -0.25) is 9.59 Å². The van der Waals surface area contributed by atoms with E-state index in [0.29, 0.717) is 13.2 Å². The summed E-state index contributed by atoms with van der Waals surface area (Å²) < 4.78 is 4.74. The van der Waals surface area contributed by atoms with Crippen LogP contribution in [0.15, 0.2) is 0 Å². The zero-order chi connectivity index (χ0) is 10.1. The van der Waals surface area contributed by atoms with E-state index in [1.54, 1.807) is 4.90 Å². The molecule has 0 spiro atoms. The summed E-state index contributed by atoms with van der Waals surface area (Å²) in [5.74, 6) is -0.312. The quantitative estimate of drug-likeness (QED) is 0.514. The predicted molar refractivity (Wildman–Crippen MR) is 47.0 cm³/mol. The lowest BCUT2D eigenvalue weighted by Gasteiger charge is -2.31. The lowest BCUT2D eigenvalue weighted by molar-refractivity contribution is -0.159. The second-order valence-corrected chi connectivity index (χ2v) is 4.20. The Labute approximate surface area is 77.8 Å². The van der Waals surface area contributed by atoms with Crippen LogP contribution in [0.25, 0.3) is 0 Å². The zero-order valence-corrected chi connectivity index (χ0v) is 8.29. The summed E-state index contributed by atoms with van der Waals surface area (Å²) in [6.07, 6.45) is 0. The van der Waals surface area contributed by atoms with Gasteiger partial charge in [0.1, 0.15) is 13.2 Å². The molecule has 0 aromatic rings. The van der Waals surface area contributed by atoms with Gasteiger partial charge in [-0.05, 0) is 0 Å². The number of hydrogen-bond acceptors (Lipinski definition) is 3. The largest absolute Gasteiger partial charge is 0.462 e. The lowest BCUT2D eigenvalue weighted by Crippen LogP contribution is -2.47. The molecular weight excluding hydrogens is 170 g/mol. The van der Waals surface area contributed by atoms with Crippen molar-refractivity contribution in [2.45, 2.75) is 20.8 Å². The maximum atomic E-state index is 11.7. The van der Waals surface area contributed by atoms with Crippen molar-refractivity contribution in [3.63, 3.8) is 0 Å². The van der Waals surface area contributed by atoms with Crippen LogP contribution in [0, 0.1) is 5.41 Å². The molecule has 13 heavy (non-hydrogen) atoms. The highest BCUT2D eigenvalue weighted by molar-refractivity contribution is 5.86. The Hall–Kier alpha value is -1.06. The van der Waals surface area contributed by atoms with Crippen molar-refractivity contribution in [3.8, 4) is 0 Å². The molecule has 1 heterocycles. The van der Waals surface area contributed by atoms with Crippen molar-refractivity contribution in [2.75, 3.05) is 19.7 Å². The number of rotatable bonds is 0. The van der Waals surface area contributed by atoms with E-state index in [2.05, 4.69) is 0 Å². The van der Waals surface area contributed by atoms with Crippen molar-refractivity contribution in [1.82, 2.24) is 4.90 Å². The molecule has 0 atom stereocenters. The average Bonchev–Trinajstić information content (AvgIpc) is 2.01. The molecule has 0 aromatic heterocycles. The topological polar surface area (TPSA) is 46.6 Å². The highest BCUT2D eigenvalue weighted by atomic mass is 16.5. The number of ether oxygens (including phenoxy) is 1. The third kappa shape index (κ3) is 2.44. The van der Waals surface area contributed by atoms with Gasteiger partial charge in [0.25, 0.3) is 0 Å². The molecule has 1 fully saturated rings. The van der Waals surface area contributed by atoms with E-state index in [9.17, 15) is 9.59 Å². The van der Waals surface area contributed by atoms with E-state index in [0.717, 1.165) is 0 Å². The summed E-state index contributed by atoms with van der Waals surface area (Å²) in [5.41, 5.74) is -0.419. The normalized spacial score (nSPS) is 18.4. The van der Waals surface area contributed by atoms with Gasteiger partial charge in [-0.25, -0.2) is 0 Å². The summed E-state index contributed by atoms with van der Waals surface area (Å²) in [7, 11) is 0. The molecular formula is C9H15NO3. The maximum Gasteiger partial charge on any atom is 0.325 e. The lowest BCUT2D eigenvalue weighted by atomic mass is 9.94. The van der Waals surface area contributed by atoms with Crippen LogP contribution in [0.5, 0.6) is 0 Å². The average molecular weight is 185 g/mol. The molecule has 1 aliphatic rings. The Kier molecular flexibility index (Phi) is 2.59. The Morgan fingerprint density at radius 1 is 1.46 bits per heavy atom. The minimum atomic E-state index is -0.419. The number of carbonyl (C=O) groups is 2. The number of amides is 1. The fourth-order valence-electron chi connectivity index (χ4n) is 1.20. The molecule has 0 aliphatic carbocycles. The number of esters is 1. The second-order valence-electron chi connectivity index (χ2n) is 4.20. The molecule has 0 bridgehead atoms. The van der Waals surface area contributed by atoms with Crippen LogP contribution in [0.3, 0.4) is 0 Å². The summed E-state index contributed by atoms with van der Waals surface area (Å²) >= 11 is 0. The molecule has 4 nitrogen and oxygen atoms in total. The van der Waals surface area contributed by atoms with Crippen LogP contribution in [0.2, 0.25) is 0 Å². The number of hydrogen-bond donors (Lipinski definition) is 0. The van der Waals surface area contributed by atoms with E-state index in [4.69, 9.17) is 4.74 Å². The van der Waals surface area contributed by atoms with Crippen LogP contribution in [0.1, 0.15) is 20.8 Å². The molecule has 4 heteroatoms. The predicted octanol–water partition coefficient (Wildman–Crippen LogP) is 0.418. The summed E-state index contributed by atoms with van der Waals surface area (Å²) in [6.45, 7) is 6.46. The van der Waals surface area contributed by atoms with E-state index in [1.165, 1.54) is 0 Å². The first-order valence-electron chi connectivity index (χ1n) is 4.36. The van der Waals surface area contributed by atoms with Gasteiger partial charge in [0.2, 0.25) is 5.91 Å². The maximum absolute atomic E-state index is 11.7. The molecule has 0 unspecified atom stereocenters. The SMILES string of the molecule is CC(C)(C)C(=O)N1CCOC(=O)C1. The van der Waals surface area contributed by atoms with Gasteiger partial charge in [0.15, 0.2) is 0 Å². The minimum Gasteiger partial charge on any atom is -0.462 e. The molecule has 74 valence electrons. The Morgan fingerprint density at radius 2 is 2.08 bits per heavy atom. The monoisotopic (exact) mass is 185 g/mol. The van der Waals surface area contributed by atoms with Crippen LogP contribution < -0.4 is 0 Å². The fourth-order valence-corrected chi connectivity index (χ4v) is 1.20. The van der Waals surface area contributed by atoms with Gasteiger partial charge in [-0.2, -0.15) is 0 Å². The van der Waals surface area contributed by atoms with Crippen LogP contribution in [-0.4, -0.2) is 36.5 Å². The Morgan fingerprint density at radius 3 is 2.54 bits per heavy atom. The molecule has 1 amide bonds. The number of cyclic esters (lactones) is 1.